The summed E-state index contributed by atoms with van der Waals surface area (Å²) in [7, 11) is 0.324. The van der Waals surface area contributed by atoms with Gasteiger partial charge in [-0.1, -0.05) is 30.3 Å². The Morgan fingerprint density at radius 2 is 1.56 bits per heavy atom. The third kappa shape index (κ3) is 5.30. The quantitative estimate of drug-likeness (QED) is 0.511. The fraction of sp³-hybridized carbons (Fsp3) is 0.174. The van der Waals surface area contributed by atoms with E-state index in [1.165, 1.54) is 51.7 Å². The van der Waals surface area contributed by atoms with E-state index in [2.05, 4.69) is 10.0 Å². The van der Waals surface area contributed by atoms with Crippen molar-refractivity contribution in [3.05, 3.63) is 77.9 Å². The molecule has 32 heavy (non-hydrogen) atoms. The van der Waals surface area contributed by atoms with Gasteiger partial charge in [-0.15, -0.1) is 0 Å². The summed E-state index contributed by atoms with van der Waals surface area (Å²) in [5.41, 5.74) is 1.16. The summed E-state index contributed by atoms with van der Waals surface area (Å²) >= 11 is 0. The Kier molecular flexibility index (Phi) is 7.21. The monoisotopic (exact) mass is 456 g/mol. The standard InChI is InChI=1S/C23H24N2O6S/c1-29-17-9-11-20(19(13-17)23(26)24-15-16-7-5-4-6-8-16)25-32(27,28)18-10-12-21(30-2)22(14-18)31-3/h4-14,25H,15H2,1-3H3,(H,24,26). The van der Waals surface area contributed by atoms with E-state index < -0.39 is 15.9 Å². The van der Waals surface area contributed by atoms with Crippen LogP contribution in [0.25, 0.3) is 0 Å². The maximum atomic E-state index is 13.0. The summed E-state index contributed by atoms with van der Waals surface area (Å²) in [6.45, 7) is 0.290. The first kappa shape index (κ1) is 23.0. The van der Waals surface area contributed by atoms with Gasteiger partial charge in [-0.25, -0.2) is 8.42 Å². The molecular formula is C23H24N2O6S. The third-order valence-corrected chi connectivity index (χ3v) is 6.04. The third-order valence-electron chi connectivity index (χ3n) is 4.68. The molecule has 0 aromatic heterocycles. The van der Waals surface area contributed by atoms with Gasteiger partial charge < -0.3 is 19.5 Å². The van der Waals surface area contributed by atoms with E-state index in [-0.39, 0.29) is 21.9 Å². The van der Waals surface area contributed by atoms with E-state index in [9.17, 15) is 13.2 Å². The van der Waals surface area contributed by atoms with Crippen LogP contribution in [0.5, 0.6) is 17.2 Å². The lowest BCUT2D eigenvalue weighted by atomic mass is 10.1. The van der Waals surface area contributed by atoms with E-state index >= 15 is 0 Å². The molecule has 0 aliphatic rings. The zero-order valence-corrected chi connectivity index (χ0v) is 18.7. The van der Waals surface area contributed by atoms with Gasteiger partial charge in [0.05, 0.1) is 37.5 Å². The second-order valence-corrected chi connectivity index (χ2v) is 8.38. The highest BCUT2D eigenvalue weighted by atomic mass is 32.2. The fourth-order valence-corrected chi connectivity index (χ4v) is 4.08. The van der Waals surface area contributed by atoms with Crippen LogP contribution in [-0.4, -0.2) is 35.7 Å². The summed E-state index contributed by atoms with van der Waals surface area (Å²) in [6.07, 6.45) is 0. The summed E-state index contributed by atoms with van der Waals surface area (Å²) in [6, 6.07) is 18.2. The van der Waals surface area contributed by atoms with Gasteiger partial charge in [0.25, 0.3) is 15.9 Å². The average Bonchev–Trinajstić information content (AvgIpc) is 2.82. The van der Waals surface area contributed by atoms with Gasteiger partial charge in [0, 0.05) is 12.6 Å². The van der Waals surface area contributed by atoms with E-state index in [0.717, 1.165) is 5.56 Å². The molecule has 8 nitrogen and oxygen atoms in total. The molecule has 0 aliphatic heterocycles. The number of sulfonamides is 1. The second-order valence-electron chi connectivity index (χ2n) is 6.70. The molecule has 0 aliphatic carbocycles. The number of anilines is 1. The Labute approximate surface area is 187 Å². The number of ether oxygens (including phenoxy) is 3. The van der Waals surface area contributed by atoms with E-state index in [1.807, 2.05) is 30.3 Å². The summed E-state index contributed by atoms with van der Waals surface area (Å²) in [5.74, 6) is 0.643. The molecular weight excluding hydrogens is 432 g/mol. The molecule has 3 aromatic rings. The van der Waals surface area contributed by atoms with Crippen molar-refractivity contribution >= 4 is 21.6 Å². The van der Waals surface area contributed by atoms with Crippen molar-refractivity contribution in [3.63, 3.8) is 0 Å². The maximum absolute atomic E-state index is 13.0. The number of hydrogen-bond acceptors (Lipinski definition) is 6. The van der Waals surface area contributed by atoms with Crippen molar-refractivity contribution < 1.29 is 27.4 Å². The number of hydrogen-bond donors (Lipinski definition) is 2. The molecule has 0 heterocycles. The van der Waals surface area contributed by atoms with Crippen molar-refractivity contribution in [2.45, 2.75) is 11.4 Å². The smallest absolute Gasteiger partial charge is 0.262 e. The Morgan fingerprint density at radius 3 is 2.22 bits per heavy atom. The van der Waals surface area contributed by atoms with Crippen LogP contribution >= 0.6 is 0 Å². The van der Waals surface area contributed by atoms with Crippen molar-refractivity contribution in [1.29, 1.82) is 0 Å². The molecule has 0 unspecified atom stereocenters. The van der Waals surface area contributed by atoms with Gasteiger partial charge >= 0.3 is 0 Å². The van der Waals surface area contributed by atoms with E-state index in [4.69, 9.17) is 14.2 Å². The molecule has 9 heteroatoms. The van der Waals surface area contributed by atoms with Crippen molar-refractivity contribution in [2.24, 2.45) is 0 Å². The molecule has 3 aromatic carbocycles. The van der Waals surface area contributed by atoms with Crippen molar-refractivity contribution in [2.75, 3.05) is 26.1 Å². The minimum Gasteiger partial charge on any atom is -0.497 e. The van der Waals surface area contributed by atoms with Gasteiger partial charge in [-0.05, 0) is 35.9 Å². The van der Waals surface area contributed by atoms with E-state index in [0.29, 0.717) is 18.0 Å². The lowest BCUT2D eigenvalue weighted by Gasteiger charge is -2.15. The zero-order chi connectivity index (χ0) is 23.1. The number of rotatable bonds is 9. The van der Waals surface area contributed by atoms with Gasteiger partial charge in [0.2, 0.25) is 0 Å². The molecule has 0 fully saturated rings. The van der Waals surface area contributed by atoms with Crippen LogP contribution in [0.3, 0.4) is 0 Å². The highest BCUT2D eigenvalue weighted by Crippen LogP contribution is 2.31. The van der Waals surface area contributed by atoms with Crippen LogP contribution in [0.2, 0.25) is 0 Å². The Balaban J connectivity index is 1.89. The SMILES string of the molecule is COc1ccc(NS(=O)(=O)c2ccc(OC)c(OC)c2)c(C(=O)NCc2ccccc2)c1. The average molecular weight is 457 g/mol. The molecule has 0 bridgehead atoms. The molecule has 0 spiro atoms. The Morgan fingerprint density at radius 1 is 0.844 bits per heavy atom. The highest BCUT2D eigenvalue weighted by Gasteiger charge is 2.21. The predicted octanol–water partition coefficient (Wildman–Crippen LogP) is 3.44. The van der Waals surface area contributed by atoms with Crippen LogP contribution < -0.4 is 24.2 Å². The fourth-order valence-electron chi connectivity index (χ4n) is 2.99. The minimum atomic E-state index is -4.02. The molecule has 0 radical (unpaired) electrons. The first-order valence-electron chi connectivity index (χ1n) is 9.63. The highest BCUT2D eigenvalue weighted by molar-refractivity contribution is 7.92. The van der Waals surface area contributed by atoms with Crippen molar-refractivity contribution in [3.8, 4) is 17.2 Å². The first-order chi connectivity index (χ1) is 15.4. The summed E-state index contributed by atoms with van der Waals surface area (Å²) < 4.78 is 44.0. The van der Waals surface area contributed by atoms with E-state index in [1.54, 1.807) is 6.07 Å². The second kappa shape index (κ2) is 10.1. The maximum Gasteiger partial charge on any atom is 0.262 e. The van der Waals surface area contributed by atoms with Crippen molar-refractivity contribution in [1.82, 2.24) is 5.32 Å². The summed E-state index contributed by atoms with van der Waals surface area (Å²) in [4.78, 5) is 12.8. The number of methoxy groups -OCH3 is 3. The number of benzene rings is 3. The van der Waals surface area contributed by atoms with Crippen LogP contribution in [0.4, 0.5) is 5.69 Å². The molecule has 168 valence electrons. The van der Waals surface area contributed by atoms with Gasteiger partial charge in [-0.2, -0.15) is 0 Å². The number of carbonyl (C=O) groups excluding carboxylic acids is 1. The van der Waals surface area contributed by atoms with Gasteiger partial charge in [0.15, 0.2) is 11.5 Å². The Bertz CT molecular complexity index is 1200. The lowest BCUT2D eigenvalue weighted by Crippen LogP contribution is -2.25. The zero-order valence-electron chi connectivity index (χ0n) is 17.9. The van der Waals surface area contributed by atoms with Gasteiger partial charge in [-0.3, -0.25) is 9.52 Å². The van der Waals surface area contributed by atoms with Crippen LogP contribution in [0.1, 0.15) is 15.9 Å². The minimum absolute atomic E-state index is 0.0402. The predicted molar refractivity (Wildman–Crippen MR) is 121 cm³/mol. The Hall–Kier alpha value is -3.72. The molecule has 0 saturated carbocycles. The number of amides is 1. The molecule has 2 N–H and O–H groups in total. The van der Waals surface area contributed by atoms with Crippen LogP contribution in [-0.2, 0) is 16.6 Å². The first-order valence-corrected chi connectivity index (χ1v) is 11.1. The topological polar surface area (TPSA) is 103 Å². The molecule has 3 rings (SSSR count). The number of nitrogens with one attached hydrogen (secondary N) is 2. The molecule has 0 saturated heterocycles. The van der Waals surface area contributed by atoms with Crippen LogP contribution in [0.15, 0.2) is 71.6 Å². The lowest BCUT2D eigenvalue weighted by molar-refractivity contribution is 0.0951. The molecule has 1 amide bonds. The largest absolute Gasteiger partial charge is 0.497 e. The van der Waals surface area contributed by atoms with Gasteiger partial charge in [0.1, 0.15) is 5.75 Å². The molecule has 0 atom stereocenters. The summed E-state index contributed by atoms with van der Waals surface area (Å²) in [5, 5.41) is 2.80. The normalized spacial score (nSPS) is 10.8. The number of carbonyl (C=O) groups is 1. The van der Waals surface area contributed by atoms with Crippen LogP contribution in [0, 0.1) is 0 Å².